The van der Waals surface area contributed by atoms with E-state index in [-0.39, 0.29) is 0 Å². The summed E-state index contributed by atoms with van der Waals surface area (Å²) in [7, 11) is 0. The highest BCUT2D eigenvalue weighted by molar-refractivity contribution is 6.09. The average molecular weight is 259 g/mol. The summed E-state index contributed by atoms with van der Waals surface area (Å²) in [5, 5.41) is 11.2. The summed E-state index contributed by atoms with van der Waals surface area (Å²) < 4.78 is 0. The summed E-state index contributed by atoms with van der Waals surface area (Å²) in [4.78, 5) is 4.06. The van der Waals surface area contributed by atoms with Gasteiger partial charge in [0.25, 0.3) is 0 Å². The number of aromatic amines is 1. The summed E-state index contributed by atoms with van der Waals surface area (Å²) in [5.41, 5.74) is 4.44. The highest BCUT2D eigenvalue weighted by atomic mass is 15.1. The molecule has 0 spiro atoms. The zero-order chi connectivity index (χ0) is 13.5. The monoisotopic (exact) mass is 259 g/mol. The topological polar surface area (TPSA) is 41.6 Å². The van der Waals surface area contributed by atoms with Crippen LogP contribution in [0.1, 0.15) is 5.56 Å². The molecule has 4 aromatic rings. The number of fused-ring (bicyclic) bond motifs is 3. The highest BCUT2D eigenvalue weighted by Gasteiger charge is 2.10. The van der Waals surface area contributed by atoms with Gasteiger partial charge in [-0.25, -0.2) is 0 Å². The number of H-pyrrole nitrogens is 1. The second-order valence-electron chi connectivity index (χ2n) is 5.02. The van der Waals surface area contributed by atoms with Crippen molar-refractivity contribution in [2.24, 2.45) is 0 Å². The van der Waals surface area contributed by atoms with Gasteiger partial charge in [-0.15, -0.1) is 0 Å². The molecule has 2 aromatic carbocycles. The van der Waals surface area contributed by atoms with Gasteiger partial charge < -0.3 is 0 Å². The third-order valence-corrected chi connectivity index (χ3v) is 3.66. The van der Waals surface area contributed by atoms with Crippen LogP contribution >= 0.6 is 0 Å². The molecular formula is C17H13N3. The molecule has 0 atom stereocenters. The molecular weight excluding hydrogens is 246 g/mol. The molecule has 4 rings (SSSR count). The Labute approximate surface area is 116 Å². The third-order valence-electron chi connectivity index (χ3n) is 3.66. The summed E-state index contributed by atoms with van der Waals surface area (Å²) in [6, 6.07) is 14.7. The molecule has 0 saturated heterocycles. The predicted octanol–water partition coefficient (Wildman–Crippen LogP) is 4.09. The van der Waals surface area contributed by atoms with E-state index < -0.39 is 0 Å². The summed E-state index contributed by atoms with van der Waals surface area (Å²) in [6.07, 6.45) is 3.60. The van der Waals surface area contributed by atoms with Crippen molar-refractivity contribution in [1.82, 2.24) is 15.2 Å². The third kappa shape index (κ3) is 1.60. The van der Waals surface area contributed by atoms with Crippen molar-refractivity contribution < 1.29 is 0 Å². The molecule has 0 radical (unpaired) electrons. The lowest BCUT2D eigenvalue weighted by Gasteiger charge is -2.01. The fourth-order valence-electron chi connectivity index (χ4n) is 2.67. The van der Waals surface area contributed by atoms with Gasteiger partial charge in [0.2, 0.25) is 0 Å². The number of aryl methyl sites for hydroxylation is 1. The summed E-state index contributed by atoms with van der Waals surface area (Å²) >= 11 is 0. The molecule has 0 aliphatic rings. The molecule has 0 bridgehead atoms. The number of hydrogen-bond acceptors (Lipinski definition) is 2. The molecule has 3 nitrogen and oxygen atoms in total. The zero-order valence-electron chi connectivity index (χ0n) is 11.1. The first-order valence-electron chi connectivity index (χ1n) is 6.61. The van der Waals surface area contributed by atoms with Crippen molar-refractivity contribution >= 4 is 21.7 Å². The van der Waals surface area contributed by atoms with E-state index >= 15 is 0 Å². The number of benzene rings is 2. The Morgan fingerprint density at radius 1 is 0.900 bits per heavy atom. The molecule has 0 unspecified atom stereocenters. The van der Waals surface area contributed by atoms with E-state index in [1.165, 1.54) is 16.3 Å². The van der Waals surface area contributed by atoms with Gasteiger partial charge in [0.1, 0.15) is 5.52 Å². The minimum atomic E-state index is 1.02. The van der Waals surface area contributed by atoms with Crippen LogP contribution in [0.3, 0.4) is 0 Å². The van der Waals surface area contributed by atoms with E-state index in [2.05, 4.69) is 52.4 Å². The van der Waals surface area contributed by atoms with Crippen LogP contribution in [0.5, 0.6) is 0 Å². The van der Waals surface area contributed by atoms with Crippen molar-refractivity contribution in [2.45, 2.75) is 6.92 Å². The van der Waals surface area contributed by atoms with Crippen molar-refractivity contribution in [3.8, 4) is 11.3 Å². The van der Waals surface area contributed by atoms with Crippen LogP contribution in [0.2, 0.25) is 0 Å². The lowest BCUT2D eigenvalue weighted by atomic mass is 10.0. The van der Waals surface area contributed by atoms with Crippen molar-refractivity contribution in [3.63, 3.8) is 0 Å². The van der Waals surface area contributed by atoms with E-state index in [4.69, 9.17) is 0 Å². The van der Waals surface area contributed by atoms with Crippen LogP contribution in [-0.2, 0) is 0 Å². The number of aromatic nitrogens is 3. The molecule has 0 saturated carbocycles. The Kier molecular flexibility index (Phi) is 2.33. The van der Waals surface area contributed by atoms with Crippen LogP contribution in [0.15, 0.2) is 54.9 Å². The van der Waals surface area contributed by atoms with Crippen LogP contribution in [0.25, 0.3) is 32.9 Å². The Bertz CT molecular complexity index is 907. The Hall–Kier alpha value is -2.68. The SMILES string of the molecule is Cc1ccc2c(ccc3c(-c4ccncc4)[nH]nc32)c1. The van der Waals surface area contributed by atoms with Gasteiger partial charge in [-0.1, -0.05) is 29.8 Å². The first-order chi connectivity index (χ1) is 9.83. The van der Waals surface area contributed by atoms with Crippen LogP contribution in [0, 0.1) is 6.92 Å². The van der Waals surface area contributed by atoms with Crippen LogP contribution < -0.4 is 0 Å². The van der Waals surface area contributed by atoms with Crippen molar-refractivity contribution in [2.75, 3.05) is 0 Å². The van der Waals surface area contributed by atoms with Gasteiger partial charge in [0.15, 0.2) is 0 Å². The summed E-state index contributed by atoms with van der Waals surface area (Å²) in [5.74, 6) is 0. The van der Waals surface area contributed by atoms with Gasteiger partial charge in [-0.2, -0.15) is 5.10 Å². The van der Waals surface area contributed by atoms with Crippen LogP contribution in [0.4, 0.5) is 0 Å². The maximum absolute atomic E-state index is 4.51. The average Bonchev–Trinajstić information content (AvgIpc) is 2.92. The first-order valence-corrected chi connectivity index (χ1v) is 6.61. The molecule has 20 heavy (non-hydrogen) atoms. The van der Waals surface area contributed by atoms with Gasteiger partial charge in [0, 0.05) is 28.7 Å². The smallest absolute Gasteiger partial charge is 0.101 e. The normalized spacial score (nSPS) is 11.2. The van der Waals surface area contributed by atoms with Crippen LogP contribution in [-0.4, -0.2) is 15.2 Å². The van der Waals surface area contributed by atoms with E-state index in [0.29, 0.717) is 0 Å². The van der Waals surface area contributed by atoms with Crippen molar-refractivity contribution in [3.05, 3.63) is 60.4 Å². The molecule has 0 aliphatic heterocycles. The number of nitrogens with zero attached hydrogens (tertiary/aromatic N) is 2. The fraction of sp³-hybridized carbons (Fsp3) is 0.0588. The van der Waals surface area contributed by atoms with E-state index in [1.807, 2.05) is 12.1 Å². The minimum Gasteiger partial charge on any atom is -0.277 e. The lowest BCUT2D eigenvalue weighted by Crippen LogP contribution is -1.80. The van der Waals surface area contributed by atoms with Crippen molar-refractivity contribution in [1.29, 1.82) is 0 Å². The van der Waals surface area contributed by atoms with Gasteiger partial charge in [-0.3, -0.25) is 10.1 Å². The largest absolute Gasteiger partial charge is 0.277 e. The molecule has 2 heterocycles. The Morgan fingerprint density at radius 2 is 1.70 bits per heavy atom. The Balaban J connectivity index is 2.05. The predicted molar refractivity (Wildman–Crippen MR) is 81.6 cm³/mol. The van der Waals surface area contributed by atoms with E-state index in [9.17, 15) is 0 Å². The van der Waals surface area contributed by atoms with Gasteiger partial charge in [-0.05, 0) is 30.5 Å². The van der Waals surface area contributed by atoms with Gasteiger partial charge in [0.05, 0.1) is 5.69 Å². The molecule has 0 fully saturated rings. The number of hydrogen-bond donors (Lipinski definition) is 1. The number of rotatable bonds is 1. The molecule has 0 amide bonds. The summed E-state index contributed by atoms with van der Waals surface area (Å²) in [6.45, 7) is 2.11. The first kappa shape index (κ1) is 11.2. The molecule has 0 aliphatic carbocycles. The van der Waals surface area contributed by atoms with E-state index in [0.717, 1.165) is 22.2 Å². The maximum Gasteiger partial charge on any atom is 0.101 e. The fourth-order valence-corrected chi connectivity index (χ4v) is 2.67. The van der Waals surface area contributed by atoms with E-state index in [1.54, 1.807) is 12.4 Å². The standard InChI is InChI=1S/C17H13N3/c1-11-2-4-14-13(10-11)3-5-15-16(19-20-17(14)15)12-6-8-18-9-7-12/h2-10H,1H3,(H,19,20). The lowest BCUT2D eigenvalue weighted by molar-refractivity contribution is 1.12. The Morgan fingerprint density at radius 3 is 2.55 bits per heavy atom. The second kappa shape index (κ2) is 4.17. The minimum absolute atomic E-state index is 1.02. The highest BCUT2D eigenvalue weighted by Crippen LogP contribution is 2.31. The molecule has 3 heteroatoms. The maximum atomic E-state index is 4.51. The van der Waals surface area contributed by atoms with Gasteiger partial charge >= 0.3 is 0 Å². The quantitative estimate of drug-likeness (QED) is 0.559. The zero-order valence-corrected chi connectivity index (χ0v) is 11.1. The molecule has 2 aromatic heterocycles. The molecule has 96 valence electrons. The number of nitrogens with one attached hydrogen (secondary N) is 1. The molecule has 1 N–H and O–H groups in total. The number of pyridine rings is 1. The second-order valence-corrected chi connectivity index (χ2v) is 5.02.